The Bertz CT molecular complexity index is 817. The summed E-state index contributed by atoms with van der Waals surface area (Å²) in [5.41, 5.74) is 4.21. The molecule has 0 amide bonds. The van der Waals surface area contributed by atoms with Crippen LogP contribution >= 0.6 is 0 Å². The van der Waals surface area contributed by atoms with Crippen LogP contribution in [0.25, 0.3) is 22.2 Å². The molecule has 0 unspecified atom stereocenters. The summed E-state index contributed by atoms with van der Waals surface area (Å²) < 4.78 is 6.59. The Balaban J connectivity index is 2.12. The van der Waals surface area contributed by atoms with Gasteiger partial charge in [0.1, 0.15) is 0 Å². The highest BCUT2D eigenvalue weighted by molar-refractivity contribution is 5.80. The Morgan fingerprint density at radius 2 is 2.10 bits per heavy atom. The van der Waals surface area contributed by atoms with Crippen LogP contribution in [0.2, 0.25) is 0 Å². The molecular formula is C15H14N2O3. The lowest BCUT2D eigenvalue weighted by Crippen LogP contribution is -2.08. The summed E-state index contributed by atoms with van der Waals surface area (Å²) >= 11 is 0. The summed E-state index contributed by atoms with van der Waals surface area (Å²) in [6.45, 7) is 0.0976. The van der Waals surface area contributed by atoms with Gasteiger partial charge in [0.2, 0.25) is 0 Å². The van der Waals surface area contributed by atoms with Gasteiger partial charge in [-0.2, -0.15) is 0 Å². The number of aryl methyl sites for hydroxylation is 1. The number of benzene rings is 1. The third-order valence-electron chi connectivity index (χ3n) is 3.32. The molecule has 102 valence electrons. The van der Waals surface area contributed by atoms with Crippen molar-refractivity contribution >= 4 is 11.1 Å². The molecule has 3 aromatic rings. The Kier molecular flexibility index (Phi) is 3.12. The summed E-state index contributed by atoms with van der Waals surface area (Å²) in [5, 5.41) is 8.98. The summed E-state index contributed by atoms with van der Waals surface area (Å²) in [6, 6.07) is 7.57. The van der Waals surface area contributed by atoms with Crippen LogP contribution in [-0.4, -0.2) is 21.3 Å². The van der Waals surface area contributed by atoms with Gasteiger partial charge in [0.15, 0.2) is 5.58 Å². The fourth-order valence-corrected chi connectivity index (χ4v) is 2.22. The molecule has 5 heteroatoms. The number of hydrogen-bond donors (Lipinski definition) is 1. The largest absolute Gasteiger partial charge is 0.419 e. The number of oxazole rings is 1. The predicted molar refractivity (Wildman–Crippen MR) is 75.5 cm³/mol. The maximum Gasteiger partial charge on any atom is 0.419 e. The molecule has 0 aliphatic rings. The van der Waals surface area contributed by atoms with E-state index in [1.54, 1.807) is 25.5 Å². The van der Waals surface area contributed by atoms with Gasteiger partial charge in [-0.3, -0.25) is 9.55 Å². The summed E-state index contributed by atoms with van der Waals surface area (Å²) in [7, 11) is 1.68. The normalized spacial score (nSPS) is 11.1. The van der Waals surface area contributed by atoms with Gasteiger partial charge in [0.25, 0.3) is 0 Å². The van der Waals surface area contributed by atoms with E-state index in [-0.39, 0.29) is 12.4 Å². The van der Waals surface area contributed by atoms with Gasteiger partial charge in [-0.1, -0.05) is 6.07 Å². The molecule has 2 aromatic heterocycles. The van der Waals surface area contributed by atoms with E-state index in [9.17, 15) is 4.79 Å². The lowest BCUT2D eigenvalue weighted by atomic mass is 10.0. The third-order valence-corrected chi connectivity index (χ3v) is 3.32. The molecule has 0 radical (unpaired) electrons. The van der Waals surface area contributed by atoms with Crippen molar-refractivity contribution in [3.8, 4) is 11.1 Å². The second kappa shape index (κ2) is 4.94. The quantitative estimate of drug-likeness (QED) is 0.787. The van der Waals surface area contributed by atoms with E-state index < -0.39 is 0 Å². The molecule has 0 aliphatic carbocycles. The topological polar surface area (TPSA) is 68.3 Å². The number of fused-ring (bicyclic) bond motifs is 1. The standard InChI is InChI=1S/C15H14N2O3/c1-17-13-7-11(2-3-14(13)20-15(17)19)12-6-10(4-5-18)8-16-9-12/h2-3,6-9,18H,4-5H2,1H3. The zero-order valence-electron chi connectivity index (χ0n) is 11.0. The van der Waals surface area contributed by atoms with Crippen LogP contribution in [0.15, 0.2) is 45.9 Å². The van der Waals surface area contributed by atoms with E-state index in [1.807, 2.05) is 18.2 Å². The van der Waals surface area contributed by atoms with Crippen molar-refractivity contribution in [3.05, 3.63) is 52.8 Å². The van der Waals surface area contributed by atoms with Crippen molar-refractivity contribution in [2.24, 2.45) is 7.05 Å². The van der Waals surface area contributed by atoms with Gasteiger partial charge in [0, 0.05) is 31.6 Å². The van der Waals surface area contributed by atoms with Gasteiger partial charge >= 0.3 is 5.76 Å². The van der Waals surface area contributed by atoms with Crippen LogP contribution in [0.3, 0.4) is 0 Å². The van der Waals surface area contributed by atoms with Gasteiger partial charge in [-0.05, 0) is 35.7 Å². The summed E-state index contributed by atoms with van der Waals surface area (Å²) in [5.74, 6) is -0.371. The van der Waals surface area contributed by atoms with Crippen LogP contribution in [0.1, 0.15) is 5.56 Å². The van der Waals surface area contributed by atoms with Crippen molar-refractivity contribution in [2.45, 2.75) is 6.42 Å². The Morgan fingerprint density at radius 3 is 2.90 bits per heavy atom. The third kappa shape index (κ3) is 2.12. The Labute approximate surface area is 115 Å². The van der Waals surface area contributed by atoms with Crippen molar-refractivity contribution in [1.82, 2.24) is 9.55 Å². The molecule has 1 aromatic carbocycles. The average Bonchev–Trinajstić information content (AvgIpc) is 2.75. The summed E-state index contributed by atoms with van der Waals surface area (Å²) in [6.07, 6.45) is 4.08. The molecule has 5 nitrogen and oxygen atoms in total. The van der Waals surface area contributed by atoms with Crippen molar-refractivity contribution in [1.29, 1.82) is 0 Å². The van der Waals surface area contributed by atoms with Crippen LogP contribution in [0.4, 0.5) is 0 Å². The van der Waals surface area contributed by atoms with Gasteiger partial charge in [-0.15, -0.1) is 0 Å². The minimum atomic E-state index is -0.371. The Hall–Kier alpha value is -2.40. The highest BCUT2D eigenvalue weighted by atomic mass is 16.4. The van der Waals surface area contributed by atoms with Crippen LogP contribution < -0.4 is 5.76 Å². The smallest absolute Gasteiger partial charge is 0.408 e. The first-order valence-corrected chi connectivity index (χ1v) is 6.34. The van der Waals surface area contributed by atoms with E-state index in [4.69, 9.17) is 9.52 Å². The maximum absolute atomic E-state index is 11.5. The summed E-state index contributed by atoms with van der Waals surface area (Å²) in [4.78, 5) is 15.7. The fourth-order valence-electron chi connectivity index (χ4n) is 2.22. The monoisotopic (exact) mass is 270 g/mol. The van der Waals surface area contributed by atoms with Crippen LogP contribution in [0.5, 0.6) is 0 Å². The second-order valence-corrected chi connectivity index (χ2v) is 4.66. The second-order valence-electron chi connectivity index (χ2n) is 4.66. The molecule has 0 atom stereocenters. The highest BCUT2D eigenvalue weighted by Gasteiger charge is 2.08. The molecule has 0 saturated carbocycles. The molecule has 2 heterocycles. The highest BCUT2D eigenvalue weighted by Crippen LogP contribution is 2.24. The van der Waals surface area contributed by atoms with Gasteiger partial charge in [-0.25, -0.2) is 4.79 Å². The molecular weight excluding hydrogens is 256 g/mol. The van der Waals surface area contributed by atoms with Gasteiger partial charge in [0.05, 0.1) is 5.52 Å². The SMILES string of the molecule is Cn1c(=O)oc2ccc(-c3cncc(CCO)c3)cc21. The number of hydrogen-bond acceptors (Lipinski definition) is 4. The molecule has 0 bridgehead atoms. The zero-order valence-corrected chi connectivity index (χ0v) is 11.0. The fraction of sp³-hybridized carbons (Fsp3) is 0.200. The molecule has 0 spiro atoms. The lowest BCUT2D eigenvalue weighted by molar-refractivity contribution is 0.299. The molecule has 0 saturated heterocycles. The van der Waals surface area contributed by atoms with E-state index >= 15 is 0 Å². The number of aromatic nitrogens is 2. The van der Waals surface area contributed by atoms with Crippen molar-refractivity contribution in [3.63, 3.8) is 0 Å². The number of rotatable bonds is 3. The van der Waals surface area contributed by atoms with Crippen LogP contribution in [0, 0.1) is 0 Å². The maximum atomic E-state index is 11.5. The minimum absolute atomic E-state index is 0.0976. The number of aliphatic hydroxyl groups is 1. The first kappa shape index (κ1) is 12.6. The number of aliphatic hydroxyl groups excluding tert-OH is 1. The molecule has 20 heavy (non-hydrogen) atoms. The van der Waals surface area contributed by atoms with Crippen LogP contribution in [-0.2, 0) is 13.5 Å². The predicted octanol–water partition coefficient (Wildman–Crippen LogP) is 1.73. The lowest BCUT2D eigenvalue weighted by Gasteiger charge is -2.04. The number of nitrogens with zero attached hydrogens (tertiary/aromatic N) is 2. The van der Waals surface area contributed by atoms with E-state index in [2.05, 4.69) is 4.98 Å². The molecule has 0 fully saturated rings. The molecule has 3 rings (SSSR count). The van der Waals surface area contributed by atoms with E-state index in [1.165, 1.54) is 4.57 Å². The zero-order chi connectivity index (χ0) is 14.1. The Morgan fingerprint density at radius 1 is 1.25 bits per heavy atom. The molecule has 1 N–H and O–H groups in total. The minimum Gasteiger partial charge on any atom is -0.408 e. The first-order chi connectivity index (χ1) is 9.69. The van der Waals surface area contributed by atoms with Crippen molar-refractivity contribution < 1.29 is 9.52 Å². The first-order valence-electron chi connectivity index (χ1n) is 6.34. The van der Waals surface area contributed by atoms with Crippen molar-refractivity contribution in [2.75, 3.05) is 6.61 Å². The van der Waals surface area contributed by atoms with E-state index in [0.29, 0.717) is 12.0 Å². The average molecular weight is 270 g/mol. The van der Waals surface area contributed by atoms with E-state index in [0.717, 1.165) is 22.2 Å². The van der Waals surface area contributed by atoms with Gasteiger partial charge < -0.3 is 9.52 Å². The molecule has 0 aliphatic heterocycles. The number of pyridine rings is 1.